The third-order valence-electron chi connectivity index (χ3n) is 5.95. The maximum absolute atomic E-state index is 12.9. The van der Waals surface area contributed by atoms with Crippen LogP contribution in [0.5, 0.6) is 0 Å². The van der Waals surface area contributed by atoms with Gasteiger partial charge in [-0.05, 0) is 25.0 Å². The summed E-state index contributed by atoms with van der Waals surface area (Å²) in [5.41, 5.74) is 2.45. The lowest BCUT2D eigenvalue weighted by molar-refractivity contribution is 0.159. The Hall–Kier alpha value is -2.34. The lowest BCUT2D eigenvalue weighted by atomic mass is 9.88. The molecule has 2 aromatic rings. The van der Waals surface area contributed by atoms with Gasteiger partial charge in [-0.1, -0.05) is 35.9 Å². The molecular formula is C21H26ClN5O. The Morgan fingerprint density at radius 1 is 1.18 bits per heavy atom. The molecule has 2 aliphatic rings. The topological polar surface area (TPSA) is 52.6 Å². The molecule has 2 amide bonds. The fourth-order valence-electron chi connectivity index (χ4n) is 4.65. The summed E-state index contributed by atoms with van der Waals surface area (Å²) >= 11 is 6.39. The number of hydrogen-bond donors (Lipinski definition) is 0. The average molecular weight is 400 g/mol. The van der Waals surface area contributed by atoms with Crippen LogP contribution >= 0.6 is 11.6 Å². The van der Waals surface area contributed by atoms with Crippen molar-refractivity contribution in [1.29, 1.82) is 0 Å². The summed E-state index contributed by atoms with van der Waals surface area (Å²) in [5, 5.41) is 0.583. The zero-order valence-corrected chi connectivity index (χ0v) is 17.5. The number of aryl methyl sites for hydroxylation is 2. The molecule has 28 heavy (non-hydrogen) atoms. The predicted molar refractivity (Wildman–Crippen MR) is 111 cm³/mol. The van der Waals surface area contributed by atoms with Crippen LogP contribution in [-0.2, 0) is 0 Å². The van der Waals surface area contributed by atoms with Crippen LogP contribution in [0.3, 0.4) is 0 Å². The van der Waals surface area contributed by atoms with Gasteiger partial charge in [-0.2, -0.15) is 0 Å². The van der Waals surface area contributed by atoms with Gasteiger partial charge in [0.2, 0.25) is 0 Å². The fourth-order valence-corrected chi connectivity index (χ4v) is 4.86. The van der Waals surface area contributed by atoms with Crippen molar-refractivity contribution < 1.29 is 4.79 Å². The molecule has 148 valence electrons. The summed E-state index contributed by atoms with van der Waals surface area (Å²) in [5.74, 6) is 2.25. The van der Waals surface area contributed by atoms with Gasteiger partial charge in [-0.15, -0.1) is 0 Å². The van der Waals surface area contributed by atoms with Gasteiger partial charge in [0.05, 0.1) is 12.2 Å². The van der Waals surface area contributed by atoms with Crippen molar-refractivity contribution in [2.75, 3.05) is 38.6 Å². The third-order valence-corrected chi connectivity index (χ3v) is 6.21. The number of anilines is 1. The van der Waals surface area contributed by atoms with Crippen molar-refractivity contribution in [1.82, 2.24) is 19.8 Å². The van der Waals surface area contributed by atoms with Crippen LogP contribution in [0.4, 0.5) is 10.6 Å². The Labute approximate surface area is 171 Å². The van der Waals surface area contributed by atoms with Gasteiger partial charge < -0.3 is 14.7 Å². The minimum Gasteiger partial charge on any atom is -0.355 e. The second kappa shape index (κ2) is 7.24. The van der Waals surface area contributed by atoms with Crippen LogP contribution in [0.1, 0.15) is 23.0 Å². The standard InChI is InChI=1S/C21H26ClN5O/c1-13-7-5-6-8-16(13)19-17-12-26(20-18(22)9-23-14(2)24-20)10-15(17)11-27(19)21(28)25(3)4/h5-9,15,17,19H,10-12H2,1-4H3/t15-,17-,19+/m1/s1. The van der Waals surface area contributed by atoms with E-state index in [2.05, 4.69) is 40.0 Å². The van der Waals surface area contributed by atoms with Gasteiger partial charge in [0.15, 0.2) is 5.82 Å². The second-order valence-corrected chi connectivity index (χ2v) is 8.46. The number of rotatable bonds is 2. The Morgan fingerprint density at radius 2 is 1.93 bits per heavy atom. The molecule has 1 aromatic heterocycles. The molecule has 0 unspecified atom stereocenters. The first-order chi connectivity index (χ1) is 13.4. The number of fused-ring (bicyclic) bond motifs is 1. The number of benzene rings is 1. The summed E-state index contributed by atoms with van der Waals surface area (Å²) in [7, 11) is 3.64. The molecule has 3 atom stereocenters. The van der Waals surface area contributed by atoms with Crippen LogP contribution in [0.2, 0.25) is 5.02 Å². The fraction of sp³-hybridized carbons (Fsp3) is 0.476. The number of likely N-dealkylation sites (tertiary alicyclic amines) is 1. The second-order valence-electron chi connectivity index (χ2n) is 8.05. The van der Waals surface area contributed by atoms with Crippen LogP contribution in [-0.4, -0.2) is 59.5 Å². The summed E-state index contributed by atoms with van der Waals surface area (Å²) in [6, 6.07) is 8.53. The lowest BCUT2D eigenvalue weighted by Crippen LogP contribution is -2.41. The largest absolute Gasteiger partial charge is 0.355 e. The predicted octanol–water partition coefficient (Wildman–Crippen LogP) is 3.54. The number of carbonyl (C=O) groups is 1. The number of hydrogen-bond acceptors (Lipinski definition) is 4. The average Bonchev–Trinajstić information content (AvgIpc) is 3.21. The van der Waals surface area contributed by atoms with E-state index >= 15 is 0 Å². The number of amides is 2. The molecule has 4 rings (SSSR count). The summed E-state index contributed by atoms with van der Waals surface area (Å²) in [6.45, 7) is 6.43. The van der Waals surface area contributed by atoms with Crippen molar-refractivity contribution in [2.24, 2.45) is 11.8 Å². The molecule has 7 heteroatoms. The highest BCUT2D eigenvalue weighted by Gasteiger charge is 2.50. The summed E-state index contributed by atoms with van der Waals surface area (Å²) < 4.78 is 0. The molecule has 2 aliphatic heterocycles. The van der Waals surface area contributed by atoms with Gasteiger partial charge in [0.1, 0.15) is 10.8 Å². The summed E-state index contributed by atoms with van der Waals surface area (Å²) in [4.78, 5) is 27.7. The molecule has 0 bridgehead atoms. The van der Waals surface area contributed by atoms with Crippen molar-refractivity contribution in [3.05, 3.63) is 52.4 Å². The monoisotopic (exact) mass is 399 g/mol. The van der Waals surface area contributed by atoms with E-state index in [4.69, 9.17) is 11.6 Å². The molecule has 6 nitrogen and oxygen atoms in total. The first-order valence-electron chi connectivity index (χ1n) is 9.64. The van der Waals surface area contributed by atoms with Crippen LogP contribution in [0.15, 0.2) is 30.5 Å². The number of urea groups is 1. The van der Waals surface area contributed by atoms with E-state index in [1.807, 2.05) is 32.0 Å². The van der Waals surface area contributed by atoms with Crippen molar-refractivity contribution >= 4 is 23.4 Å². The van der Waals surface area contributed by atoms with Crippen molar-refractivity contribution in [3.63, 3.8) is 0 Å². The minimum absolute atomic E-state index is 0.0628. The highest BCUT2D eigenvalue weighted by Crippen LogP contribution is 2.47. The molecule has 3 heterocycles. The maximum atomic E-state index is 12.9. The first kappa shape index (κ1) is 19.0. The third kappa shape index (κ3) is 3.20. The van der Waals surface area contributed by atoms with Crippen LogP contribution < -0.4 is 4.90 Å². The van der Waals surface area contributed by atoms with Crippen molar-refractivity contribution in [2.45, 2.75) is 19.9 Å². The molecule has 0 aliphatic carbocycles. The number of aromatic nitrogens is 2. The Kier molecular flexibility index (Phi) is 4.91. The van der Waals surface area contributed by atoms with Gasteiger partial charge in [-0.25, -0.2) is 14.8 Å². The normalized spacial score (nSPS) is 23.8. The van der Waals surface area contributed by atoms with E-state index in [-0.39, 0.29) is 12.1 Å². The highest BCUT2D eigenvalue weighted by atomic mass is 35.5. The van der Waals surface area contributed by atoms with Gasteiger partial charge in [0.25, 0.3) is 0 Å². The zero-order valence-electron chi connectivity index (χ0n) is 16.8. The number of halogens is 1. The van der Waals surface area contributed by atoms with Crippen LogP contribution in [0.25, 0.3) is 0 Å². The van der Waals surface area contributed by atoms with Gasteiger partial charge in [-0.3, -0.25) is 0 Å². The van der Waals surface area contributed by atoms with Gasteiger partial charge >= 0.3 is 6.03 Å². The van der Waals surface area contributed by atoms with E-state index in [1.54, 1.807) is 11.1 Å². The Balaban J connectivity index is 1.68. The molecule has 0 radical (unpaired) electrons. The van der Waals surface area contributed by atoms with E-state index in [0.717, 1.165) is 31.3 Å². The Morgan fingerprint density at radius 3 is 2.64 bits per heavy atom. The first-order valence-corrected chi connectivity index (χ1v) is 10.0. The molecule has 2 fully saturated rings. The number of carbonyl (C=O) groups excluding carboxylic acids is 1. The van der Waals surface area contributed by atoms with E-state index in [0.29, 0.717) is 16.9 Å². The molecule has 2 saturated heterocycles. The zero-order chi connectivity index (χ0) is 20.0. The molecule has 0 spiro atoms. The Bertz CT molecular complexity index is 902. The maximum Gasteiger partial charge on any atom is 0.320 e. The highest BCUT2D eigenvalue weighted by molar-refractivity contribution is 6.32. The molecule has 1 aromatic carbocycles. The minimum atomic E-state index is 0.0628. The SMILES string of the molecule is Cc1ncc(Cl)c(N2C[C@@H]3CN(C(=O)N(C)C)[C@@H](c4ccccc4C)[C@@H]3C2)n1. The molecular weight excluding hydrogens is 374 g/mol. The smallest absolute Gasteiger partial charge is 0.320 e. The van der Waals surface area contributed by atoms with E-state index in [9.17, 15) is 4.79 Å². The number of nitrogens with zero attached hydrogens (tertiary/aromatic N) is 5. The molecule has 0 saturated carbocycles. The van der Waals surface area contributed by atoms with Gasteiger partial charge in [0, 0.05) is 45.6 Å². The van der Waals surface area contributed by atoms with Crippen LogP contribution in [0, 0.1) is 25.7 Å². The quantitative estimate of drug-likeness (QED) is 0.775. The van der Waals surface area contributed by atoms with E-state index in [1.165, 1.54) is 11.1 Å². The molecule has 0 N–H and O–H groups in total. The lowest BCUT2D eigenvalue weighted by Gasteiger charge is -2.33. The van der Waals surface area contributed by atoms with Crippen molar-refractivity contribution in [3.8, 4) is 0 Å². The summed E-state index contributed by atoms with van der Waals surface area (Å²) in [6.07, 6.45) is 1.67. The van der Waals surface area contributed by atoms with E-state index < -0.39 is 0 Å².